The molecule has 5 unspecified atom stereocenters. The Bertz CT molecular complexity index is 1030. The molecule has 2 heterocycles. The topological polar surface area (TPSA) is 129 Å². The number of nitrogens with one attached hydrogen (secondary N) is 1. The van der Waals surface area contributed by atoms with Crippen molar-refractivity contribution >= 4 is 17.8 Å². The molecule has 11 heteroatoms. The normalized spacial score (nSPS) is 30.8. The molecule has 3 aliphatic rings. The van der Waals surface area contributed by atoms with Crippen molar-refractivity contribution < 1.29 is 33.3 Å². The average molecular weight is 517 g/mol. The predicted molar refractivity (Wildman–Crippen MR) is 132 cm³/mol. The lowest BCUT2D eigenvalue weighted by Crippen LogP contribution is -2.50. The summed E-state index contributed by atoms with van der Waals surface area (Å²) < 4.78 is 21.7. The van der Waals surface area contributed by atoms with Gasteiger partial charge in [0.1, 0.15) is 11.6 Å². The molecule has 2 amide bonds. The van der Waals surface area contributed by atoms with Crippen molar-refractivity contribution in [3.8, 4) is 17.8 Å². The van der Waals surface area contributed by atoms with E-state index < -0.39 is 29.4 Å². The van der Waals surface area contributed by atoms with Gasteiger partial charge in [0.25, 0.3) is 0 Å². The summed E-state index contributed by atoms with van der Waals surface area (Å²) in [4.78, 5) is 50.0. The van der Waals surface area contributed by atoms with Gasteiger partial charge in [-0.2, -0.15) is 9.97 Å². The van der Waals surface area contributed by atoms with E-state index in [2.05, 4.69) is 21.4 Å². The van der Waals surface area contributed by atoms with Crippen molar-refractivity contribution in [2.75, 3.05) is 34.4 Å². The van der Waals surface area contributed by atoms with Gasteiger partial charge in [-0.3, -0.25) is 9.59 Å². The fraction of sp³-hybridized carbons (Fsp3) is 0.654. The Labute approximate surface area is 216 Å². The van der Waals surface area contributed by atoms with Gasteiger partial charge in [0, 0.05) is 19.5 Å². The van der Waals surface area contributed by atoms with E-state index in [9.17, 15) is 14.4 Å². The number of hydrogen-bond donors (Lipinski definition) is 1. The molecule has 0 spiro atoms. The van der Waals surface area contributed by atoms with Crippen LogP contribution in [-0.2, 0) is 19.1 Å². The summed E-state index contributed by atoms with van der Waals surface area (Å²) in [5.74, 6) is -1.74. The Morgan fingerprint density at radius 1 is 1.14 bits per heavy atom. The summed E-state index contributed by atoms with van der Waals surface area (Å²) in [5.41, 5.74) is -1.08. The molecule has 1 aromatic rings. The SMILES string of the molecule is CCOC(=O)C12CC1/C=C/CCCCN(C)C(=O)C1CC(Oc3cc(OC)nc(OC)n3)CC1C(=O)N2. The highest BCUT2D eigenvalue weighted by molar-refractivity contribution is 5.95. The molecular weight excluding hydrogens is 480 g/mol. The van der Waals surface area contributed by atoms with Gasteiger partial charge in [0.05, 0.1) is 38.7 Å². The maximum atomic E-state index is 13.6. The van der Waals surface area contributed by atoms with Crippen LogP contribution >= 0.6 is 0 Å². The molecule has 37 heavy (non-hydrogen) atoms. The minimum Gasteiger partial charge on any atom is -0.481 e. The van der Waals surface area contributed by atoms with E-state index in [1.54, 1.807) is 18.9 Å². The van der Waals surface area contributed by atoms with Gasteiger partial charge >= 0.3 is 12.0 Å². The first-order chi connectivity index (χ1) is 17.8. The lowest BCUT2D eigenvalue weighted by molar-refractivity contribution is -0.150. The van der Waals surface area contributed by atoms with Crippen LogP contribution in [0.15, 0.2) is 18.2 Å². The molecule has 5 atom stereocenters. The second-order valence-corrected chi connectivity index (χ2v) is 9.83. The van der Waals surface area contributed by atoms with Crippen molar-refractivity contribution in [2.24, 2.45) is 17.8 Å². The van der Waals surface area contributed by atoms with Crippen LogP contribution in [0.1, 0.15) is 45.4 Å². The van der Waals surface area contributed by atoms with E-state index >= 15 is 0 Å². The first-order valence-corrected chi connectivity index (χ1v) is 12.9. The lowest BCUT2D eigenvalue weighted by Gasteiger charge is -2.26. The van der Waals surface area contributed by atoms with Gasteiger partial charge in [-0.05, 0) is 45.4 Å². The molecule has 11 nitrogen and oxygen atoms in total. The second kappa shape index (κ2) is 11.4. The van der Waals surface area contributed by atoms with Crippen LogP contribution < -0.4 is 19.5 Å². The lowest BCUT2D eigenvalue weighted by atomic mass is 9.93. The van der Waals surface area contributed by atoms with Crippen LogP contribution in [0.5, 0.6) is 17.8 Å². The van der Waals surface area contributed by atoms with Gasteiger partial charge < -0.3 is 29.2 Å². The quantitative estimate of drug-likeness (QED) is 0.445. The van der Waals surface area contributed by atoms with Crippen molar-refractivity contribution in [2.45, 2.75) is 57.1 Å². The van der Waals surface area contributed by atoms with E-state index in [-0.39, 0.29) is 42.1 Å². The van der Waals surface area contributed by atoms with Gasteiger partial charge in [-0.25, -0.2) is 4.79 Å². The van der Waals surface area contributed by atoms with Gasteiger partial charge in [0.15, 0.2) is 0 Å². The number of rotatable bonds is 6. The Balaban J connectivity index is 1.59. The summed E-state index contributed by atoms with van der Waals surface area (Å²) in [5, 5.41) is 2.98. The number of hydrogen-bond acceptors (Lipinski definition) is 9. The van der Waals surface area contributed by atoms with Crippen molar-refractivity contribution in [3.05, 3.63) is 18.2 Å². The maximum Gasteiger partial charge on any atom is 0.332 e. The molecule has 1 N–H and O–H groups in total. The fourth-order valence-corrected chi connectivity index (χ4v) is 5.25. The van der Waals surface area contributed by atoms with Crippen LogP contribution in [-0.4, -0.2) is 78.7 Å². The molecule has 0 radical (unpaired) electrons. The molecule has 2 saturated carbocycles. The number of methoxy groups -OCH3 is 2. The number of esters is 1. The highest BCUT2D eigenvalue weighted by Crippen LogP contribution is 2.47. The third-order valence-corrected chi connectivity index (χ3v) is 7.37. The molecule has 0 saturated heterocycles. The molecule has 2 aliphatic carbocycles. The molecule has 0 bridgehead atoms. The van der Waals surface area contributed by atoms with Crippen LogP contribution in [0.2, 0.25) is 0 Å². The first kappa shape index (κ1) is 26.7. The maximum absolute atomic E-state index is 13.6. The first-order valence-electron chi connectivity index (χ1n) is 12.9. The van der Waals surface area contributed by atoms with Crippen molar-refractivity contribution in [1.29, 1.82) is 0 Å². The number of carbonyl (C=O) groups is 3. The Hall–Kier alpha value is -3.37. The highest BCUT2D eigenvalue weighted by Gasteiger charge is 2.62. The number of carbonyl (C=O) groups excluding carboxylic acids is 3. The van der Waals surface area contributed by atoms with Crippen LogP contribution in [0.4, 0.5) is 0 Å². The largest absolute Gasteiger partial charge is 0.481 e. The summed E-state index contributed by atoms with van der Waals surface area (Å²) >= 11 is 0. The Kier molecular flexibility index (Phi) is 8.19. The van der Waals surface area contributed by atoms with E-state index in [1.165, 1.54) is 20.3 Å². The molecule has 0 aromatic carbocycles. The van der Waals surface area contributed by atoms with Gasteiger partial charge in [-0.15, -0.1) is 0 Å². The third kappa shape index (κ3) is 5.80. The summed E-state index contributed by atoms with van der Waals surface area (Å²) in [6, 6.07) is 1.62. The third-order valence-electron chi connectivity index (χ3n) is 7.37. The van der Waals surface area contributed by atoms with E-state index in [0.717, 1.165) is 19.3 Å². The summed E-state index contributed by atoms with van der Waals surface area (Å²) in [6.45, 7) is 2.58. The van der Waals surface area contributed by atoms with Gasteiger partial charge in [-0.1, -0.05) is 12.2 Å². The molecule has 1 aromatic heterocycles. The van der Waals surface area contributed by atoms with Gasteiger partial charge in [0.2, 0.25) is 23.6 Å². The molecular formula is C26H36N4O7. The van der Waals surface area contributed by atoms with E-state index in [0.29, 0.717) is 25.8 Å². The predicted octanol–water partition coefficient (Wildman–Crippen LogP) is 1.90. The summed E-state index contributed by atoms with van der Waals surface area (Å²) in [6.07, 6.45) is 7.35. The monoisotopic (exact) mass is 516 g/mol. The minimum absolute atomic E-state index is 0.0868. The number of ether oxygens (including phenoxy) is 4. The zero-order valence-corrected chi connectivity index (χ0v) is 21.9. The van der Waals surface area contributed by atoms with E-state index in [1.807, 2.05) is 6.08 Å². The van der Waals surface area contributed by atoms with Crippen LogP contribution in [0, 0.1) is 17.8 Å². The van der Waals surface area contributed by atoms with Crippen LogP contribution in [0.25, 0.3) is 0 Å². The zero-order valence-electron chi connectivity index (χ0n) is 21.9. The van der Waals surface area contributed by atoms with Crippen LogP contribution in [0.3, 0.4) is 0 Å². The number of nitrogens with zero attached hydrogens (tertiary/aromatic N) is 3. The second-order valence-electron chi connectivity index (χ2n) is 9.83. The van der Waals surface area contributed by atoms with E-state index in [4.69, 9.17) is 18.9 Å². The number of fused-ring (bicyclic) bond motifs is 2. The molecule has 4 rings (SSSR count). The van der Waals surface area contributed by atoms with Crippen molar-refractivity contribution in [1.82, 2.24) is 20.2 Å². The molecule has 202 valence electrons. The smallest absolute Gasteiger partial charge is 0.332 e. The molecule has 2 fully saturated rings. The fourth-order valence-electron chi connectivity index (χ4n) is 5.25. The average Bonchev–Trinajstić information content (AvgIpc) is 3.42. The zero-order chi connectivity index (χ0) is 26.6. The number of amides is 2. The minimum atomic E-state index is -1.08. The summed E-state index contributed by atoms with van der Waals surface area (Å²) in [7, 11) is 4.68. The highest BCUT2D eigenvalue weighted by atomic mass is 16.5. The van der Waals surface area contributed by atoms with Crippen molar-refractivity contribution in [3.63, 3.8) is 0 Å². The standard InChI is InChI=1S/C26H36N4O7/c1-5-36-24(33)26-15-16(26)10-8-6-7-9-11-30(2)23(32)19-13-17(12-18(19)22(31)29-26)37-21-14-20(34-3)27-25(28-21)35-4/h8,10,14,16-19H,5-7,9,11-13,15H2,1-4H3,(H,29,31)/b10-8+. The Morgan fingerprint density at radius 3 is 2.62 bits per heavy atom. The number of aromatic nitrogens is 2. The number of allylic oxidation sites excluding steroid dienone is 1. The Morgan fingerprint density at radius 2 is 1.89 bits per heavy atom. The molecule has 1 aliphatic heterocycles.